The molecule has 1 heterocycles. The maximum absolute atomic E-state index is 13.5. The molecule has 2 aromatic carbocycles. The summed E-state index contributed by atoms with van der Waals surface area (Å²) in [6.07, 6.45) is 0. The maximum Gasteiger partial charge on any atom is 0.259 e. The molecule has 3 rings (SSSR count). The number of nitrogens with zero attached hydrogens (tertiary/aromatic N) is 1. The van der Waals surface area contributed by atoms with Crippen molar-refractivity contribution >= 4 is 22.6 Å². The van der Waals surface area contributed by atoms with Gasteiger partial charge in [0.2, 0.25) is 0 Å². The number of H-pyrrole nitrogens is 1. The third kappa shape index (κ3) is 2.01. The molecule has 0 bridgehead atoms. The Morgan fingerprint density at radius 2 is 1.90 bits per heavy atom. The second-order valence-corrected chi connectivity index (χ2v) is 4.17. The molecule has 1 amide bonds. The Labute approximate surface area is 112 Å². The number of aromatic amines is 1. The molecule has 6 heteroatoms. The number of carbonyl (C=O) groups excluding carboxylic acids is 1. The highest BCUT2D eigenvalue weighted by atomic mass is 19.2. The molecule has 0 spiro atoms. The van der Waals surface area contributed by atoms with Gasteiger partial charge in [-0.15, -0.1) is 0 Å². The first-order valence-electron chi connectivity index (χ1n) is 5.85. The number of para-hydroxylation sites is 1. The third-order valence-corrected chi connectivity index (χ3v) is 2.90. The number of rotatable bonds is 2. The number of aromatic nitrogens is 2. The normalized spacial score (nSPS) is 10.7. The van der Waals surface area contributed by atoms with Gasteiger partial charge >= 0.3 is 0 Å². The topological polar surface area (TPSA) is 57.8 Å². The average molecular weight is 273 g/mol. The maximum atomic E-state index is 13.5. The molecule has 0 aliphatic heterocycles. The van der Waals surface area contributed by atoms with Gasteiger partial charge in [-0.05, 0) is 24.3 Å². The van der Waals surface area contributed by atoms with Crippen molar-refractivity contribution < 1.29 is 13.6 Å². The van der Waals surface area contributed by atoms with Crippen LogP contribution in [0.5, 0.6) is 0 Å². The summed E-state index contributed by atoms with van der Waals surface area (Å²) in [5.74, 6) is -2.72. The van der Waals surface area contributed by atoms with Crippen molar-refractivity contribution in [1.82, 2.24) is 10.2 Å². The van der Waals surface area contributed by atoms with Crippen molar-refractivity contribution in [2.45, 2.75) is 0 Å². The number of benzene rings is 2. The Hall–Kier alpha value is -2.76. The Bertz CT molecular complexity index is 798. The molecule has 0 aliphatic carbocycles. The van der Waals surface area contributed by atoms with Crippen LogP contribution in [0.2, 0.25) is 0 Å². The lowest BCUT2D eigenvalue weighted by atomic mass is 10.2. The quantitative estimate of drug-likeness (QED) is 0.753. The number of hydrogen-bond donors (Lipinski definition) is 2. The molecule has 0 saturated heterocycles. The molecule has 0 saturated carbocycles. The second-order valence-electron chi connectivity index (χ2n) is 4.17. The van der Waals surface area contributed by atoms with E-state index in [2.05, 4.69) is 15.5 Å². The summed E-state index contributed by atoms with van der Waals surface area (Å²) in [6.45, 7) is 0. The van der Waals surface area contributed by atoms with Crippen LogP contribution in [-0.4, -0.2) is 16.1 Å². The largest absolute Gasteiger partial charge is 0.304 e. The summed E-state index contributed by atoms with van der Waals surface area (Å²) < 4.78 is 26.6. The zero-order chi connectivity index (χ0) is 14.1. The monoisotopic (exact) mass is 273 g/mol. The van der Waals surface area contributed by atoms with Gasteiger partial charge < -0.3 is 5.32 Å². The van der Waals surface area contributed by atoms with Crippen molar-refractivity contribution in [3.63, 3.8) is 0 Å². The van der Waals surface area contributed by atoms with Crippen LogP contribution in [0.4, 0.5) is 14.6 Å². The minimum absolute atomic E-state index is 0.272. The highest BCUT2D eigenvalue weighted by Crippen LogP contribution is 2.21. The van der Waals surface area contributed by atoms with E-state index in [0.29, 0.717) is 5.39 Å². The molecular weight excluding hydrogens is 264 g/mol. The molecule has 4 nitrogen and oxygen atoms in total. The first-order valence-corrected chi connectivity index (χ1v) is 5.85. The van der Waals surface area contributed by atoms with Gasteiger partial charge in [-0.1, -0.05) is 18.2 Å². The average Bonchev–Trinajstić information content (AvgIpc) is 2.85. The van der Waals surface area contributed by atoms with Crippen molar-refractivity contribution in [3.8, 4) is 0 Å². The molecular formula is C14H9F2N3O. The third-order valence-electron chi connectivity index (χ3n) is 2.90. The molecule has 2 N–H and O–H groups in total. The lowest BCUT2D eigenvalue weighted by Crippen LogP contribution is -2.15. The summed E-state index contributed by atoms with van der Waals surface area (Å²) in [4.78, 5) is 12.0. The summed E-state index contributed by atoms with van der Waals surface area (Å²) in [6, 6.07) is 10.6. The van der Waals surface area contributed by atoms with E-state index < -0.39 is 17.5 Å². The molecule has 3 aromatic rings. The summed E-state index contributed by atoms with van der Waals surface area (Å²) >= 11 is 0. The van der Waals surface area contributed by atoms with Gasteiger partial charge in [0.25, 0.3) is 5.91 Å². The van der Waals surface area contributed by atoms with Gasteiger partial charge in [-0.25, -0.2) is 8.78 Å². The molecule has 0 unspecified atom stereocenters. The molecule has 0 fully saturated rings. The molecule has 20 heavy (non-hydrogen) atoms. The van der Waals surface area contributed by atoms with E-state index in [1.807, 2.05) is 6.07 Å². The van der Waals surface area contributed by atoms with Crippen LogP contribution < -0.4 is 5.32 Å². The molecule has 0 aliphatic rings. The Morgan fingerprint density at radius 3 is 2.75 bits per heavy atom. The Balaban J connectivity index is 1.95. The molecule has 0 atom stereocenters. The zero-order valence-corrected chi connectivity index (χ0v) is 10.2. The standard InChI is InChI=1S/C14H9F2N3O/c15-10-6-3-5-9(12(10)16)14(20)17-13-8-4-1-2-7-11(8)18-19-13/h1-7H,(H2,17,18,19,20). The predicted octanol–water partition coefficient (Wildman–Crippen LogP) is 3.09. The summed E-state index contributed by atoms with van der Waals surface area (Å²) in [7, 11) is 0. The first kappa shape index (κ1) is 12.3. The Morgan fingerprint density at radius 1 is 1.10 bits per heavy atom. The molecule has 1 aromatic heterocycles. The van der Waals surface area contributed by atoms with Crippen LogP contribution in [-0.2, 0) is 0 Å². The van der Waals surface area contributed by atoms with Gasteiger partial charge in [0.15, 0.2) is 17.5 Å². The van der Waals surface area contributed by atoms with Gasteiger partial charge in [-0.2, -0.15) is 5.10 Å². The lowest BCUT2D eigenvalue weighted by Gasteiger charge is -2.04. The van der Waals surface area contributed by atoms with Crippen molar-refractivity contribution in [2.24, 2.45) is 0 Å². The van der Waals surface area contributed by atoms with Crippen LogP contribution in [0.1, 0.15) is 10.4 Å². The van der Waals surface area contributed by atoms with E-state index in [1.165, 1.54) is 12.1 Å². The second kappa shape index (κ2) is 4.73. The minimum Gasteiger partial charge on any atom is -0.304 e. The summed E-state index contributed by atoms with van der Waals surface area (Å²) in [5.41, 5.74) is 0.375. The van der Waals surface area contributed by atoms with Crippen LogP contribution in [0.15, 0.2) is 42.5 Å². The van der Waals surface area contributed by atoms with Crippen LogP contribution in [0, 0.1) is 11.6 Å². The fourth-order valence-electron chi connectivity index (χ4n) is 1.91. The van der Waals surface area contributed by atoms with E-state index >= 15 is 0 Å². The van der Waals surface area contributed by atoms with E-state index in [-0.39, 0.29) is 11.4 Å². The smallest absolute Gasteiger partial charge is 0.259 e. The number of halogens is 2. The van der Waals surface area contributed by atoms with Gasteiger partial charge in [0.05, 0.1) is 11.1 Å². The number of hydrogen-bond acceptors (Lipinski definition) is 2. The van der Waals surface area contributed by atoms with Gasteiger partial charge in [0.1, 0.15) is 0 Å². The van der Waals surface area contributed by atoms with Crippen LogP contribution in [0.25, 0.3) is 10.9 Å². The van der Waals surface area contributed by atoms with Crippen LogP contribution in [0.3, 0.4) is 0 Å². The number of amides is 1. The highest BCUT2D eigenvalue weighted by molar-refractivity contribution is 6.07. The van der Waals surface area contributed by atoms with E-state index in [4.69, 9.17) is 0 Å². The van der Waals surface area contributed by atoms with Crippen LogP contribution >= 0.6 is 0 Å². The van der Waals surface area contributed by atoms with Gasteiger partial charge in [0, 0.05) is 5.39 Å². The fourth-order valence-corrected chi connectivity index (χ4v) is 1.91. The molecule has 0 radical (unpaired) electrons. The number of anilines is 1. The van der Waals surface area contributed by atoms with Crippen molar-refractivity contribution in [1.29, 1.82) is 0 Å². The first-order chi connectivity index (χ1) is 9.66. The number of fused-ring (bicyclic) bond motifs is 1. The SMILES string of the molecule is O=C(Nc1n[nH]c2ccccc12)c1cccc(F)c1F. The minimum atomic E-state index is -1.18. The van der Waals surface area contributed by atoms with E-state index in [1.54, 1.807) is 18.2 Å². The summed E-state index contributed by atoms with van der Waals surface area (Å²) in [5, 5.41) is 9.83. The Kier molecular flexibility index (Phi) is 2.90. The number of nitrogens with one attached hydrogen (secondary N) is 2. The van der Waals surface area contributed by atoms with Crippen molar-refractivity contribution in [3.05, 3.63) is 59.7 Å². The predicted molar refractivity (Wildman–Crippen MR) is 70.4 cm³/mol. The number of carbonyl (C=O) groups is 1. The fraction of sp³-hybridized carbons (Fsp3) is 0. The lowest BCUT2D eigenvalue weighted by molar-refractivity contribution is 0.102. The van der Waals surface area contributed by atoms with Crippen molar-refractivity contribution in [2.75, 3.05) is 5.32 Å². The van der Waals surface area contributed by atoms with E-state index in [0.717, 1.165) is 11.6 Å². The van der Waals surface area contributed by atoms with Gasteiger partial charge in [-0.3, -0.25) is 9.89 Å². The molecule has 100 valence electrons. The van der Waals surface area contributed by atoms with E-state index in [9.17, 15) is 13.6 Å². The zero-order valence-electron chi connectivity index (χ0n) is 10.2. The highest BCUT2D eigenvalue weighted by Gasteiger charge is 2.17.